The summed E-state index contributed by atoms with van der Waals surface area (Å²) in [7, 11) is -4.14. The number of carbonyl (C=O) groups is 1. The van der Waals surface area contributed by atoms with Gasteiger partial charge >= 0.3 is 5.97 Å². The first kappa shape index (κ1) is 15.1. The number of halogens is 1. The highest BCUT2D eigenvalue weighted by molar-refractivity contribution is 7.92. The molecule has 0 unspecified atom stereocenters. The molecule has 4 N–H and O–H groups in total. The third kappa shape index (κ3) is 3.23. The number of nitrogen functional groups attached to an aromatic ring is 1. The molecule has 110 valence electrons. The van der Waals surface area contributed by atoms with Crippen LogP contribution in [-0.4, -0.2) is 24.5 Å². The summed E-state index contributed by atoms with van der Waals surface area (Å²) in [4.78, 5) is 14.5. The second kappa shape index (κ2) is 5.58. The highest BCUT2D eigenvalue weighted by atomic mass is 35.5. The van der Waals surface area contributed by atoms with Crippen LogP contribution in [-0.2, 0) is 10.0 Å². The Morgan fingerprint density at radius 2 is 2.05 bits per heavy atom. The Kier molecular flexibility index (Phi) is 4.01. The van der Waals surface area contributed by atoms with E-state index in [-0.39, 0.29) is 16.5 Å². The molecule has 1 heterocycles. The van der Waals surface area contributed by atoms with Gasteiger partial charge in [0.2, 0.25) is 0 Å². The molecule has 9 heteroatoms. The maximum Gasteiger partial charge on any atom is 0.337 e. The Balaban J connectivity index is 2.50. The van der Waals surface area contributed by atoms with E-state index in [9.17, 15) is 13.2 Å². The van der Waals surface area contributed by atoms with Crippen molar-refractivity contribution in [3.63, 3.8) is 0 Å². The number of aromatic nitrogens is 1. The molecule has 7 nitrogen and oxygen atoms in total. The molecule has 0 atom stereocenters. The number of carboxylic acids is 1. The van der Waals surface area contributed by atoms with Gasteiger partial charge in [-0.2, -0.15) is 0 Å². The Labute approximate surface area is 125 Å². The van der Waals surface area contributed by atoms with E-state index in [1.54, 1.807) is 0 Å². The second-order valence-electron chi connectivity index (χ2n) is 4.01. The number of rotatable bonds is 4. The van der Waals surface area contributed by atoms with Gasteiger partial charge in [0.25, 0.3) is 10.0 Å². The lowest BCUT2D eigenvalue weighted by molar-refractivity contribution is 0.0692. The fourth-order valence-corrected chi connectivity index (χ4v) is 3.08. The second-order valence-corrected chi connectivity index (χ2v) is 6.02. The molecule has 0 bridgehead atoms. The summed E-state index contributed by atoms with van der Waals surface area (Å²) in [5, 5.41) is 9.04. The van der Waals surface area contributed by atoms with E-state index < -0.39 is 26.5 Å². The Bertz CT molecular complexity index is 808. The van der Waals surface area contributed by atoms with Crippen LogP contribution in [0.1, 0.15) is 10.4 Å². The number of carboxylic acid groups (broad SMARTS) is 1. The minimum Gasteiger partial charge on any atom is -0.478 e. The van der Waals surface area contributed by atoms with Gasteiger partial charge in [-0.3, -0.25) is 4.72 Å². The number of sulfonamides is 1. The summed E-state index contributed by atoms with van der Waals surface area (Å²) >= 11 is 5.77. The van der Waals surface area contributed by atoms with Gasteiger partial charge in [0.15, 0.2) is 5.15 Å². The Hall–Kier alpha value is -2.32. The topological polar surface area (TPSA) is 122 Å². The van der Waals surface area contributed by atoms with Crippen LogP contribution in [0.3, 0.4) is 0 Å². The maximum atomic E-state index is 12.3. The minimum atomic E-state index is -4.14. The standard InChI is InChI=1S/C12H10ClN3O4S/c13-11-9(2-1-5-15-11)16-21(19,20)10-4-3-7(14)6-8(10)12(17)18/h1-6,16H,14H2,(H,17,18). The highest BCUT2D eigenvalue weighted by Crippen LogP contribution is 2.25. The van der Waals surface area contributed by atoms with Gasteiger partial charge < -0.3 is 10.8 Å². The molecular formula is C12H10ClN3O4S. The van der Waals surface area contributed by atoms with Gasteiger partial charge in [-0.15, -0.1) is 0 Å². The fraction of sp³-hybridized carbons (Fsp3) is 0. The summed E-state index contributed by atoms with van der Waals surface area (Å²) in [5.41, 5.74) is 5.24. The van der Waals surface area contributed by atoms with Crippen molar-refractivity contribution in [1.82, 2.24) is 4.98 Å². The molecule has 2 aromatic rings. The van der Waals surface area contributed by atoms with Gasteiger partial charge in [-0.25, -0.2) is 18.2 Å². The average molecular weight is 328 g/mol. The smallest absolute Gasteiger partial charge is 0.337 e. The van der Waals surface area contributed by atoms with Crippen molar-refractivity contribution < 1.29 is 18.3 Å². The summed E-state index contributed by atoms with van der Waals surface area (Å²) in [6, 6.07) is 6.38. The van der Waals surface area contributed by atoms with Gasteiger partial charge in [-0.05, 0) is 30.3 Å². The van der Waals surface area contributed by atoms with Crippen LogP contribution in [0.4, 0.5) is 11.4 Å². The molecule has 0 aliphatic heterocycles. The lowest BCUT2D eigenvalue weighted by Gasteiger charge is -2.11. The quantitative estimate of drug-likeness (QED) is 0.581. The number of anilines is 2. The number of hydrogen-bond acceptors (Lipinski definition) is 5. The van der Waals surface area contributed by atoms with Crippen molar-refractivity contribution in [2.75, 3.05) is 10.5 Å². The zero-order valence-corrected chi connectivity index (χ0v) is 12.0. The predicted molar refractivity (Wildman–Crippen MR) is 77.9 cm³/mol. The molecule has 0 aliphatic carbocycles. The third-order valence-corrected chi connectivity index (χ3v) is 4.25. The molecule has 1 aromatic carbocycles. The Morgan fingerprint density at radius 1 is 1.33 bits per heavy atom. The number of aromatic carboxylic acids is 1. The maximum absolute atomic E-state index is 12.3. The van der Waals surface area contributed by atoms with Gasteiger partial charge in [0, 0.05) is 11.9 Å². The minimum absolute atomic E-state index is 0.0478. The van der Waals surface area contributed by atoms with Crippen LogP contribution >= 0.6 is 11.6 Å². The van der Waals surface area contributed by atoms with Crippen molar-refractivity contribution in [3.8, 4) is 0 Å². The average Bonchev–Trinajstić information content (AvgIpc) is 2.40. The monoisotopic (exact) mass is 327 g/mol. The van der Waals surface area contributed by atoms with Crippen molar-refractivity contribution in [2.24, 2.45) is 0 Å². The van der Waals surface area contributed by atoms with E-state index in [0.717, 1.165) is 12.1 Å². The first-order valence-electron chi connectivity index (χ1n) is 5.57. The van der Waals surface area contributed by atoms with Crippen molar-refractivity contribution in [2.45, 2.75) is 4.90 Å². The van der Waals surface area contributed by atoms with E-state index in [4.69, 9.17) is 22.4 Å². The summed E-state index contributed by atoms with van der Waals surface area (Å²) in [6.07, 6.45) is 1.39. The SMILES string of the molecule is Nc1ccc(S(=O)(=O)Nc2cccnc2Cl)c(C(=O)O)c1. The molecule has 21 heavy (non-hydrogen) atoms. The van der Waals surface area contributed by atoms with Gasteiger partial charge in [-0.1, -0.05) is 11.6 Å². The zero-order chi connectivity index (χ0) is 15.6. The highest BCUT2D eigenvalue weighted by Gasteiger charge is 2.23. The van der Waals surface area contributed by atoms with Gasteiger partial charge in [0.1, 0.15) is 4.90 Å². The van der Waals surface area contributed by atoms with Gasteiger partial charge in [0.05, 0.1) is 11.3 Å². The number of nitrogens with one attached hydrogen (secondary N) is 1. The van der Waals surface area contributed by atoms with E-state index in [1.807, 2.05) is 0 Å². The van der Waals surface area contributed by atoms with Crippen molar-refractivity contribution >= 4 is 39.0 Å². The zero-order valence-electron chi connectivity index (χ0n) is 10.4. The molecule has 0 amide bonds. The number of pyridine rings is 1. The van der Waals surface area contributed by atoms with Crippen LogP contribution in [0.2, 0.25) is 5.15 Å². The van der Waals surface area contributed by atoms with Crippen molar-refractivity contribution in [1.29, 1.82) is 0 Å². The number of hydrogen-bond donors (Lipinski definition) is 3. The normalized spacial score (nSPS) is 11.1. The first-order chi connectivity index (χ1) is 9.81. The third-order valence-electron chi connectivity index (χ3n) is 2.53. The molecule has 0 saturated carbocycles. The molecular weight excluding hydrogens is 318 g/mol. The summed E-state index contributed by atoms with van der Waals surface area (Å²) < 4.78 is 26.8. The summed E-state index contributed by atoms with van der Waals surface area (Å²) in [6.45, 7) is 0. The predicted octanol–water partition coefficient (Wildman–Crippen LogP) is 1.82. The van der Waals surface area contributed by atoms with Crippen LogP contribution in [0.15, 0.2) is 41.4 Å². The molecule has 0 fully saturated rings. The number of nitrogens with zero attached hydrogens (tertiary/aromatic N) is 1. The Morgan fingerprint density at radius 3 is 2.67 bits per heavy atom. The fourth-order valence-electron chi connectivity index (χ4n) is 1.61. The molecule has 0 saturated heterocycles. The number of benzene rings is 1. The molecule has 0 spiro atoms. The van der Waals surface area contributed by atoms with Crippen LogP contribution in [0.5, 0.6) is 0 Å². The van der Waals surface area contributed by atoms with Crippen LogP contribution in [0.25, 0.3) is 0 Å². The van der Waals surface area contributed by atoms with Crippen LogP contribution in [0, 0.1) is 0 Å². The van der Waals surface area contributed by atoms with E-state index in [2.05, 4.69) is 9.71 Å². The van der Waals surface area contributed by atoms with E-state index >= 15 is 0 Å². The molecule has 1 aromatic heterocycles. The van der Waals surface area contributed by atoms with Crippen molar-refractivity contribution in [3.05, 3.63) is 47.2 Å². The first-order valence-corrected chi connectivity index (χ1v) is 7.43. The van der Waals surface area contributed by atoms with E-state index in [0.29, 0.717) is 0 Å². The molecule has 0 aliphatic rings. The summed E-state index contributed by atoms with van der Waals surface area (Å²) in [5.74, 6) is -1.40. The largest absolute Gasteiger partial charge is 0.478 e. The van der Waals surface area contributed by atoms with E-state index in [1.165, 1.54) is 24.4 Å². The molecule has 2 rings (SSSR count). The van der Waals surface area contributed by atoms with Crippen LogP contribution < -0.4 is 10.5 Å². The number of nitrogens with two attached hydrogens (primary N) is 1. The molecule has 0 radical (unpaired) electrons. The lowest BCUT2D eigenvalue weighted by atomic mass is 10.2. The lowest BCUT2D eigenvalue weighted by Crippen LogP contribution is -2.17.